The zero-order valence-corrected chi connectivity index (χ0v) is 26.0. The minimum absolute atomic E-state index is 0.00758. The van der Waals surface area contributed by atoms with Gasteiger partial charge in [0.2, 0.25) is 10.0 Å². The molecule has 0 spiro atoms. The number of hydrogen-bond acceptors (Lipinski definition) is 5. The quantitative estimate of drug-likeness (QED) is 0.418. The Morgan fingerprint density at radius 3 is 2.40 bits per heavy atom. The molecule has 3 fully saturated rings. The summed E-state index contributed by atoms with van der Waals surface area (Å²) >= 11 is 18.9. The van der Waals surface area contributed by atoms with E-state index < -0.39 is 10.0 Å². The van der Waals surface area contributed by atoms with E-state index in [-0.39, 0.29) is 11.3 Å². The van der Waals surface area contributed by atoms with Crippen LogP contribution >= 0.6 is 34.8 Å². The van der Waals surface area contributed by atoms with Crippen LogP contribution in [0.1, 0.15) is 41.6 Å². The van der Waals surface area contributed by atoms with Crippen LogP contribution in [0.2, 0.25) is 15.1 Å². The number of carbonyl (C=O) groups excluding carboxylic acids is 1. The van der Waals surface area contributed by atoms with Gasteiger partial charge in [0.05, 0.1) is 16.3 Å². The Morgan fingerprint density at radius 1 is 0.975 bits per heavy atom. The number of halogens is 3. The minimum atomic E-state index is -3.11. The molecule has 0 radical (unpaired) electrons. The van der Waals surface area contributed by atoms with Crippen LogP contribution in [-0.2, 0) is 15.4 Å². The van der Waals surface area contributed by atoms with Crippen LogP contribution in [0.5, 0.6) is 0 Å². The maximum absolute atomic E-state index is 13.5. The molecule has 5 rings (SSSR count). The fourth-order valence-corrected chi connectivity index (χ4v) is 7.83. The highest BCUT2D eigenvalue weighted by atomic mass is 35.5. The molecule has 0 bridgehead atoms. The summed E-state index contributed by atoms with van der Waals surface area (Å²) in [4.78, 5) is 20.3. The number of nitrogens with zero attached hydrogens (tertiary/aromatic N) is 4. The Bertz CT molecular complexity index is 1330. The number of carbonyl (C=O) groups is 1. The summed E-state index contributed by atoms with van der Waals surface area (Å²) in [5.74, 6) is 0.00758. The zero-order chi connectivity index (χ0) is 28.5. The summed E-state index contributed by atoms with van der Waals surface area (Å²) in [5, 5.41) is 1.63. The number of piperidine rings is 1. The maximum Gasteiger partial charge on any atom is 0.253 e. The molecule has 11 heteroatoms. The van der Waals surface area contributed by atoms with Crippen LogP contribution < -0.4 is 0 Å². The summed E-state index contributed by atoms with van der Waals surface area (Å²) in [7, 11) is -3.11. The van der Waals surface area contributed by atoms with Crippen LogP contribution in [0.3, 0.4) is 0 Å². The highest BCUT2D eigenvalue weighted by molar-refractivity contribution is 7.88. The van der Waals surface area contributed by atoms with Crippen molar-refractivity contribution in [3.63, 3.8) is 0 Å². The first kappa shape index (κ1) is 30.1. The van der Waals surface area contributed by atoms with E-state index in [9.17, 15) is 13.2 Å². The standard InChI is InChI=1S/C29H37Cl3N4O3S/c1-40(38,39)36-15-13-34(14-16-36)25-19-33(20-25)11-3-9-29(23-7-8-26(31)27(32)18-23)10-4-12-35(21-29)28(37)22-5-2-6-24(30)17-22/h2,5-8,17-18,25H,3-4,9-16,19-21H2,1H3/t29-/m0/s1. The molecule has 0 aliphatic carbocycles. The topological polar surface area (TPSA) is 64.2 Å². The molecule has 2 aromatic rings. The molecule has 3 aliphatic rings. The Hall–Kier alpha value is -1.39. The molecule has 2 aromatic carbocycles. The third kappa shape index (κ3) is 6.80. The summed E-state index contributed by atoms with van der Waals surface area (Å²) in [6, 6.07) is 13.6. The monoisotopic (exact) mass is 626 g/mol. The summed E-state index contributed by atoms with van der Waals surface area (Å²) in [6.45, 7) is 7.10. The molecule has 1 amide bonds. The largest absolute Gasteiger partial charge is 0.338 e. The summed E-state index contributed by atoms with van der Waals surface area (Å²) < 4.78 is 25.2. The van der Waals surface area contributed by atoms with Crippen molar-refractivity contribution in [2.45, 2.75) is 37.1 Å². The molecular weight excluding hydrogens is 591 g/mol. The van der Waals surface area contributed by atoms with Gasteiger partial charge >= 0.3 is 0 Å². The Morgan fingerprint density at radius 2 is 1.73 bits per heavy atom. The van der Waals surface area contributed by atoms with Crippen molar-refractivity contribution in [3.8, 4) is 0 Å². The van der Waals surface area contributed by atoms with E-state index >= 15 is 0 Å². The lowest BCUT2D eigenvalue weighted by atomic mass is 9.70. The first-order chi connectivity index (χ1) is 19.0. The number of hydrogen-bond donors (Lipinski definition) is 0. The van der Waals surface area contributed by atoms with Crippen LogP contribution in [0.25, 0.3) is 0 Å². The molecule has 218 valence electrons. The molecule has 40 heavy (non-hydrogen) atoms. The van der Waals surface area contributed by atoms with Gasteiger partial charge < -0.3 is 9.80 Å². The smallest absolute Gasteiger partial charge is 0.253 e. The van der Waals surface area contributed by atoms with Crippen molar-refractivity contribution in [3.05, 3.63) is 68.7 Å². The van der Waals surface area contributed by atoms with E-state index in [1.807, 2.05) is 29.2 Å². The molecule has 3 aliphatic heterocycles. The lowest BCUT2D eigenvalue weighted by Gasteiger charge is -2.48. The van der Waals surface area contributed by atoms with Crippen molar-refractivity contribution in [1.82, 2.24) is 19.0 Å². The second-order valence-electron chi connectivity index (χ2n) is 11.5. The van der Waals surface area contributed by atoms with Crippen molar-refractivity contribution in [2.24, 2.45) is 0 Å². The predicted molar refractivity (Wildman–Crippen MR) is 162 cm³/mol. The van der Waals surface area contributed by atoms with E-state index in [1.54, 1.807) is 16.4 Å². The highest BCUT2D eigenvalue weighted by Crippen LogP contribution is 2.41. The lowest BCUT2D eigenvalue weighted by molar-refractivity contribution is 0.0147. The van der Waals surface area contributed by atoms with Crippen molar-refractivity contribution < 1.29 is 13.2 Å². The number of benzene rings is 2. The van der Waals surface area contributed by atoms with Crippen LogP contribution in [-0.4, -0.2) is 105 Å². The Balaban J connectivity index is 1.21. The minimum Gasteiger partial charge on any atom is -0.338 e. The second-order valence-corrected chi connectivity index (χ2v) is 14.7. The SMILES string of the molecule is CS(=O)(=O)N1CCN(C2CN(CCC[C@]3(c4ccc(Cl)c(Cl)c4)CCCN(C(=O)c4cccc(Cl)c4)C3)C2)CC1. The molecule has 0 saturated carbocycles. The summed E-state index contributed by atoms with van der Waals surface area (Å²) in [6.07, 6.45) is 5.14. The second kappa shape index (κ2) is 12.5. The van der Waals surface area contributed by atoms with Gasteiger partial charge in [0.25, 0.3) is 5.91 Å². The molecule has 0 unspecified atom stereocenters. The molecule has 0 N–H and O–H groups in total. The van der Waals surface area contributed by atoms with E-state index in [2.05, 4.69) is 15.9 Å². The maximum atomic E-state index is 13.5. The van der Waals surface area contributed by atoms with Crippen LogP contribution in [0.4, 0.5) is 0 Å². The fraction of sp³-hybridized carbons (Fsp3) is 0.552. The molecule has 1 atom stereocenters. The van der Waals surface area contributed by atoms with Crippen LogP contribution in [0.15, 0.2) is 42.5 Å². The van der Waals surface area contributed by atoms with Crippen molar-refractivity contribution in [1.29, 1.82) is 0 Å². The van der Waals surface area contributed by atoms with Gasteiger partial charge in [-0.15, -0.1) is 0 Å². The third-order valence-electron chi connectivity index (χ3n) is 8.79. The van der Waals surface area contributed by atoms with Gasteiger partial charge in [-0.1, -0.05) is 46.9 Å². The first-order valence-electron chi connectivity index (χ1n) is 14.0. The zero-order valence-electron chi connectivity index (χ0n) is 22.9. The lowest BCUT2D eigenvalue weighted by Crippen LogP contribution is -2.63. The number of amides is 1. The van der Waals surface area contributed by atoms with Gasteiger partial charge in [0, 0.05) is 74.4 Å². The number of likely N-dealkylation sites (tertiary alicyclic amines) is 2. The Kier molecular flexibility index (Phi) is 9.37. The van der Waals surface area contributed by atoms with E-state index in [0.29, 0.717) is 46.3 Å². The van der Waals surface area contributed by atoms with E-state index in [1.165, 1.54) is 6.26 Å². The molecule has 7 nitrogen and oxygen atoms in total. The number of rotatable bonds is 8. The normalized spacial score (nSPS) is 23.8. The average Bonchev–Trinajstić information content (AvgIpc) is 2.91. The first-order valence-corrected chi connectivity index (χ1v) is 16.9. The van der Waals surface area contributed by atoms with E-state index in [4.69, 9.17) is 34.8 Å². The number of piperazine rings is 1. The highest BCUT2D eigenvalue weighted by Gasteiger charge is 2.40. The van der Waals surface area contributed by atoms with Gasteiger partial charge in [-0.2, -0.15) is 4.31 Å². The van der Waals surface area contributed by atoms with Crippen molar-refractivity contribution >= 4 is 50.7 Å². The third-order valence-corrected chi connectivity index (χ3v) is 11.1. The Labute approximate surface area is 253 Å². The van der Waals surface area contributed by atoms with Gasteiger partial charge in [-0.05, 0) is 68.1 Å². The van der Waals surface area contributed by atoms with Crippen molar-refractivity contribution in [2.75, 3.05) is 65.2 Å². The fourth-order valence-electron chi connectivity index (χ4n) is 6.52. The molecule has 3 saturated heterocycles. The van der Waals surface area contributed by atoms with Gasteiger partial charge in [0.15, 0.2) is 0 Å². The number of sulfonamides is 1. The summed E-state index contributed by atoms with van der Waals surface area (Å²) in [5.41, 5.74) is 1.55. The van der Waals surface area contributed by atoms with Crippen LogP contribution in [0, 0.1) is 0 Å². The van der Waals surface area contributed by atoms with Gasteiger partial charge in [-0.25, -0.2) is 8.42 Å². The van der Waals surface area contributed by atoms with E-state index in [0.717, 1.165) is 70.5 Å². The van der Waals surface area contributed by atoms with Gasteiger partial charge in [-0.3, -0.25) is 9.69 Å². The molecule has 0 aromatic heterocycles. The predicted octanol–water partition coefficient (Wildman–Crippen LogP) is 4.86. The van der Waals surface area contributed by atoms with Gasteiger partial charge in [0.1, 0.15) is 0 Å². The molecular formula is C29H37Cl3N4O3S. The average molecular weight is 628 g/mol. The molecule has 3 heterocycles.